The van der Waals surface area contributed by atoms with Gasteiger partial charge < -0.3 is 19.2 Å². The van der Waals surface area contributed by atoms with Gasteiger partial charge in [-0.2, -0.15) is 0 Å². The lowest BCUT2D eigenvalue weighted by molar-refractivity contribution is -0.138. The van der Waals surface area contributed by atoms with Crippen molar-refractivity contribution in [2.75, 3.05) is 19.8 Å². The molecule has 1 aliphatic rings. The van der Waals surface area contributed by atoms with Gasteiger partial charge in [0, 0.05) is 21.8 Å². The molecule has 0 spiro atoms. The molecule has 29 heavy (non-hydrogen) atoms. The SMILES string of the molecule is CCOC(=O)c1[nH]c(C)c(C(=O)COC(=O)C2=Cc3cc(Cl)ccc3OC2)c1C. The number of aryl methyl sites for hydroxylation is 1. The van der Waals surface area contributed by atoms with Crippen LogP contribution in [0.2, 0.25) is 5.02 Å². The minimum Gasteiger partial charge on any atom is -0.488 e. The number of aromatic nitrogens is 1. The Bertz CT molecular complexity index is 1020. The number of ether oxygens (including phenoxy) is 3. The fourth-order valence-corrected chi connectivity index (χ4v) is 3.32. The van der Waals surface area contributed by atoms with Crippen molar-refractivity contribution in [2.24, 2.45) is 0 Å². The van der Waals surface area contributed by atoms with E-state index >= 15 is 0 Å². The first-order valence-corrected chi connectivity index (χ1v) is 9.39. The van der Waals surface area contributed by atoms with Gasteiger partial charge in [0.1, 0.15) is 18.1 Å². The molecule has 0 saturated heterocycles. The molecule has 0 fully saturated rings. The number of nitrogens with one attached hydrogen (secondary N) is 1. The van der Waals surface area contributed by atoms with Gasteiger partial charge in [-0.15, -0.1) is 0 Å². The van der Waals surface area contributed by atoms with Crippen LogP contribution in [0, 0.1) is 13.8 Å². The number of carbonyl (C=O) groups excluding carboxylic acids is 3. The average molecular weight is 418 g/mol. The molecule has 0 atom stereocenters. The van der Waals surface area contributed by atoms with Gasteiger partial charge in [-0.05, 0) is 50.6 Å². The Morgan fingerprint density at radius 1 is 1.17 bits per heavy atom. The zero-order valence-corrected chi connectivity index (χ0v) is 17.0. The maximum Gasteiger partial charge on any atom is 0.355 e. The zero-order valence-electron chi connectivity index (χ0n) is 16.3. The standard InChI is InChI=1S/C21H20ClNO6/c1-4-27-21(26)19-11(2)18(12(3)23-19)16(24)10-29-20(25)14-7-13-8-15(22)5-6-17(13)28-9-14/h5-8,23H,4,9-10H2,1-3H3. The number of halogens is 1. The normalized spacial score (nSPS) is 12.5. The van der Waals surface area contributed by atoms with E-state index in [1.807, 2.05) is 0 Å². The summed E-state index contributed by atoms with van der Waals surface area (Å²) in [6, 6.07) is 5.10. The van der Waals surface area contributed by atoms with Gasteiger partial charge in [0.15, 0.2) is 6.61 Å². The number of esters is 2. The second-order valence-electron chi connectivity index (χ2n) is 6.49. The molecule has 1 N–H and O–H groups in total. The molecule has 2 heterocycles. The van der Waals surface area contributed by atoms with Gasteiger partial charge in [0.05, 0.1) is 12.2 Å². The molecule has 0 radical (unpaired) electrons. The molecule has 3 rings (SSSR count). The minimum absolute atomic E-state index is 0.0386. The molecule has 1 aromatic carbocycles. The summed E-state index contributed by atoms with van der Waals surface area (Å²) in [6.45, 7) is 4.82. The van der Waals surface area contributed by atoms with Crippen LogP contribution in [0.5, 0.6) is 5.75 Å². The van der Waals surface area contributed by atoms with E-state index in [2.05, 4.69) is 4.98 Å². The van der Waals surface area contributed by atoms with E-state index in [1.165, 1.54) is 0 Å². The van der Waals surface area contributed by atoms with Crippen molar-refractivity contribution in [1.82, 2.24) is 4.98 Å². The summed E-state index contributed by atoms with van der Waals surface area (Å²) in [4.78, 5) is 39.8. The molecule has 152 valence electrons. The Labute approximate surface area is 172 Å². The number of hydrogen-bond donors (Lipinski definition) is 1. The molecule has 1 aromatic heterocycles. The molecule has 7 nitrogen and oxygen atoms in total. The largest absolute Gasteiger partial charge is 0.488 e. The number of aromatic amines is 1. The fourth-order valence-electron chi connectivity index (χ4n) is 3.14. The molecular formula is C21H20ClNO6. The van der Waals surface area contributed by atoms with E-state index in [-0.39, 0.29) is 24.5 Å². The van der Waals surface area contributed by atoms with E-state index in [9.17, 15) is 14.4 Å². The average Bonchev–Trinajstić information content (AvgIpc) is 2.99. The highest BCUT2D eigenvalue weighted by molar-refractivity contribution is 6.30. The van der Waals surface area contributed by atoms with Crippen molar-refractivity contribution in [3.8, 4) is 5.75 Å². The topological polar surface area (TPSA) is 94.7 Å². The van der Waals surface area contributed by atoms with Gasteiger partial charge in [0.25, 0.3) is 0 Å². The van der Waals surface area contributed by atoms with Crippen LogP contribution in [0.4, 0.5) is 0 Å². The summed E-state index contributed by atoms with van der Waals surface area (Å²) < 4.78 is 15.7. The second-order valence-corrected chi connectivity index (χ2v) is 6.92. The smallest absolute Gasteiger partial charge is 0.355 e. The summed E-state index contributed by atoms with van der Waals surface area (Å²) in [6.07, 6.45) is 1.63. The predicted octanol–water partition coefficient (Wildman–Crippen LogP) is 3.66. The van der Waals surface area contributed by atoms with Crippen LogP contribution in [0.1, 0.15) is 44.6 Å². The Balaban J connectivity index is 1.70. The van der Waals surface area contributed by atoms with Crippen molar-refractivity contribution in [2.45, 2.75) is 20.8 Å². The third kappa shape index (κ3) is 4.35. The summed E-state index contributed by atoms with van der Waals surface area (Å²) in [5, 5.41) is 0.518. The van der Waals surface area contributed by atoms with Crippen LogP contribution in [-0.2, 0) is 14.3 Å². The van der Waals surface area contributed by atoms with Crippen LogP contribution in [0.3, 0.4) is 0 Å². The summed E-state index contributed by atoms with van der Waals surface area (Å²) in [5.41, 5.74) is 2.45. The lowest BCUT2D eigenvalue weighted by Gasteiger charge is -2.17. The van der Waals surface area contributed by atoms with Crippen molar-refractivity contribution in [3.05, 3.63) is 56.9 Å². The van der Waals surface area contributed by atoms with E-state index in [4.69, 9.17) is 25.8 Å². The molecule has 0 saturated carbocycles. The highest BCUT2D eigenvalue weighted by atomic mass is 35.5. The van der Waals surface area contributed by atoms with Crippen LogP contribution >= 0.6 is 11.6 Å². The van der Waals surface area contributed by atoms with Crippen LogP contribution in [-0.4, -0.2) is 42.5 Å². The number of fused-ring (bicyclic) bond motifs is 1. The number of rotatable bonds is 6. The molecule has 1 aliphatic heterocycles. The number of carbonyl (C=O) groups is 3. The summed E-state index contributed by atoms with van der Waals surface area (Å²) in [5.74, 6) is -0.987. The van der Waals surface area contributed by atoms with E-state index < -0.39 is 24.3 Å². The third-order valence-electron chi connectivity index (χ3n) is 4.48. The minimum atomic E-state index is -0.652. The molecule has 0 bridgehead atoms. The maximum atomic E-state index is 12.6. The Morgan fingerprint density at radius 2 is 1.93 bits per heavy atom. The second kappa shape index (κ2) is 8.53. The predicted molar refractivity (Wildman–Crippen MR) is 106 cm³/mol. The van der Waals surface area contributed by atoms with Crippen LogP contribution in [0.15, 0.2) is 23.8 Å². The first kappa shape index (κ1) is 20.7. The van der Waals surface area contributed by atoms with E-state index in [0.29, 0.717) is 33.2 Å². The molecule has 2 aromatic rings. The summed E-state index contributed by atoms with van der Waals surface area (Å²) in [7, 11) is 0. The monoisotopic (exact) mass is 417 g/mol. The highest BCUT2D eigenvalue weighted by Gasteiger charge is 2.25. The van der Waals surface area contributed by atoms with Crippen LogP contribution in [0.25, 0.3) is 6.08 Å². The van der Waals surface area contributed by atoms with Gasteiger partial charge >= 0.3 is 11.9 Å². The quantitative estimate of drug-likeness (QED) is 0.569. The molecule has 0 amide bonds. The summed E-state index contributed by atoms with van der Waals surface area (Å²) >= 11 is 5.97. The Kier molecular flexibility index (Phi) is 6.08. The van der Waals surface area contributed by atoms with Gasteiger partial charge in [-0.1, -0.05) is 11.6 Å². The molecule has 0 aliphatic carbocycles. The first-order valence-electron chi connectivity index (χ1n) is 9.01. The lowest BCUT2D eigenvalue weighted by Crippen LogP contribution is -2.21. The molecular weight excluding hydrogens is 398 g/mol. The number of Topliss-reactive ketones (excluding diaryl/α,β-unsaturated/α-hetero) is 1. The third-order valence-corrected chi connectivity index (χ3v) is 4.71. The fraction of sp³-hybridized carbons (Fsp3) is 0.286. The lowest BCUT2D eigenvalue weighted by atomic mass is 10.1. The molecule has 8 heteroatoms. The first-order chi connectivity index (χ1) is 13.8. The highest BCUT2D eigenvalue weighted by Crippen LogP contribution is 2.29. The van der Waals surface area contributed by atoms with Crippen molar-refractivity contribution >= 4 is 35.4 Å². The van der Waals surface area contributed by atoms with Crippen LogP contribution < -0.4 is 4.74 Å². The molecule has 0 unspecified atom stereocenters. The van der Waals surface area contributed by atoms with Gasteiger partial charge in [-0.25, -0.2) is 9.59 Å². The zero-order chi connectivity index (χ0) is 21.1. The number of H-pyrrole nitrogens is 1. The van der Waals surface area contributed by atoms with Crippen molar-refractivity contribution in [3.63, 3.8) is 0 Å². The van der Waals surface area contributed by atoms with Gasteiger partial charge in [0.2, 0.25) is 5.78 Å². The van der Waals surface area contributed by atoms with E-state index in [0.717, 1.165) is 0 Å². The van der Waals surface area contributed by atoms with Crippen molar-refractivity contribution in [1.29, 1.82) is 0 Å². The maximum absolute atomic E-state index is 12.6. The Hall–Kier alpha value is -3.06. The van der Waals surface area contributed by atoms with E-state index in [1.54, 1.807) is 45.0 Å². The van der Waals surface area contributed by atoms with Crippen molar-refractivity contribution < 1.29 is 28.6 Å². The van der Waals surface area contributed by atoms with Gasteiger partial charge in [-0.3, -0.25) is 4.79 Å². The Morgan fingerprint density at radius 3 is 2.66 bits per heavy atom. The number of ketones is 1. The number of hydrogen-bond acceptors (Lipinski definition) is 6. The number of benzene rings is 1.